The molecule has 0 aliphatic carbocycles. The summed E-state index contributed by atoms with van der Waals surface area (Å²) in [5.41, 5.74) is 1.88. The van der Waals surface area contributed by atoms with Gasteiger partial charge in [-0.25, -0.2) is 0 Å². The molecular weight excluding hydrogens is 276 g/mol. The lowest BCUT2D eigenvalue weighted by Crippen LogP contribution is -2.23. The third-order valence-corrected chi connectivity index (χ3v) is 4.17. The zero-order chi connectivity index (χ0) is 14.3. The summed E-state index contributed by atoms with van der Waals surface area (Å²) in [5, 5.41) is 11.8. The Morgan fingerprint density at radius 3 is 2.95 bits per heavy atom. The number of aromatic amines is 1. The molecule has 1 atom stereocenters. The Labute approximate surface area is 122 Å². The zero-order valence-electron chi connectivity index (χ0n) is 11.3. The Morgan fingerprint density at radius 1 is 1.45 bits per heavy atom. The van der Waals surface area contributed by atoms with E-state index >= 15 is 0 Å². The number of aliphatic hydroxyl groups excluding tert-OH is 1. The first kappa shape index (κ1) is 13.6. The van der Waals surface area contributed by atoms with Crippen molar-refractivity contribution in [3.8, 4) is 0 Å². The highest BCUT2D eigenvalue weighted by Crippen LogP contribution is 2.24. The smallest absolute Gasteiger partial charge is 0.256 e. The minimum Gasteiger partial charge on any atom is -0.392 e. The number of fused-ring (bicyclic) bond motifs is 1. The van der Waals surface area contributed by atoms with Crippen LogP contribution in [0.3, 0.4) is 0 Å². The lowest BCUT2D eigenvalue weighted by Gasteiger charge is -2.18. The number of likely N-dealkylation sites (tertiary alicyclic amines) is 1. The number of pyridine rings is 1. The van der Waals surface area contributed by atoms with Crippen molar-refractivity contribution >= 4 is 22.4 Å². The van der Waals surface area contributed by atoms with Crippen molar-refractivity contribution in [2.75, 3.05) is 13.1 Å². The minimum atomic E-state index is -0.237. The first-order valence-corrected chi connectivity index (χ1v) is 7.14. The molecule has 0 radical (unpaired) electrons. The fraction of sp³-hybridized carbons (Fsp3) is 0.400. The monoisotopic (exact) mass is 292 g/mol. The number of aryl methyl sites for hydroxylation is 1. The van der Waals surface area contributed by atoms with Crippen LogP contribution in [0.15, 0.2) is 23.0 Å². The molecule has 2 N–H and O–H groups in total. The van der Waals surface area contributed by atoms with Crippen LogP contribution in [0.25, 0.3) is 10.8 Å². The first-order chi connectivity index (χ1) is 9.54. The summed E-state index contributed by atoms with van der Waals surface area (Å²) in [6, 6.07) is 5.42. The summed E-state index contributed by atoms with van der Waals surface area (Å²) in [7, 11) is 0. The van der Waals surface area contributed by atoms with Crippen molar-refractivity contribution in [2.45, 2.75) is 26.0 Å². The second kappa shape index (κ2) is 5.20. The molecule has 1 aromatic heterocycles. The maximum Gasteiger partial charge on any atom is 0.256 e. The van der Waals surface area contributed by atoms with E-state index in [1.165, 1.54) is 0 Å². The Kier molecular flexibility index (Phi) is 3.54. The molecule has 3 rings (SSSR count). The molecular formula is C15H17ClN2O2. The summed E-state index contributed by atoms with van der Waals surface area (Å²) in [5.74, 6) is 0. The number of benzene rings is 1. The normalized spacial score (nSPS) is 19.9. The average molecular weight is 293 g/mol. The van der Waals surface area contributed by atoms with Gasteiger partial charge in [0.25, 0.3) is 5.56 Å². The molecule has 0 amide bonds. The van der Waals surface area contributed by atoms with Gasteiger partial charge in [0.15, 0.2) is 0 Å². The maximum absolute atomic E-state index is 12.0. The van der Waals surface area contributed by atoms with Gasteiger partial charge in [-0.3, -0.25) is 9.69 Å². The van der Waals surface area contributed by atoms with Gasteiger partial charge < -0.3 is 10.1 Å². The van der Waals surface area contributed by atoms with Gasteiger partial charge in [-0.15, -0.1) is 0 Å². The number of halogens is 1. The predicted molar refractivity (Wildman–Crippen MR) is 80.2 cm³/mol. The van der Waals surface area contributed by atoms with Gasteiger partial charge in [-0.1, -0.05) is 17.7 Å². The van der Waals surface area contributed by atoms with E-state index in [9.17, 15) is 9.90 Å². The van der Waals surface area contributed by atoms with E-state index < -0.39 is 0 Å². The molecule has 0 saturated carbocycles. The third-order valence-electron chi connectivity index (χ3n) is 3.93. The number of rotatable bonds is 2. The quantitative estimate of drug-likeness (QED) is 0.891. The lowest BCUT2D eigenvalue weighted by atomic mass is 10.0. The predicted octanol–water partition coefficient (Wildman–Crippen LogP) is 2.06. The molecule has 1 saturated heterocycles. The van der Waals surface area contributed by atoms with E-state index in [1.54, 1.807) is 6.07 Å². The molecule has 5 heteroatoms. The summed E-state index contributed by atoms with van der Waals surface area (Å²) in [4.78, 5) is 17.1. The minimum absolute atomic E-state index is 0.106. The van der Waals surface area contributed by atoms with E-state index in [2.05, 4.69) is 9.88 Å². The number of aromatic nitrogens is 1. The highest BCUT2D eigenvalue weighted by molar-refractivity contribution is 6.31. The molecule has 0 bridgehead atoms. The Hall–Kier alpha value is -1.36. The third kappa shape index (κ3) is 2.46. The molecule has 1 aliphatic rings. The lowest BCUT2D eigenvalue weighted by molar-refractivity contribution is 0.175. The van der Waals surface area contributed by atoms with Crippen LogP contribution < -0.4 is 5.56 Å². The molecule has 0 spiro atoms. The van der Waals surface area contributed by atoms with Crippen LogP contribution in [-0.4, -0.2) is 34.2 Å². The number of nitrogens with one attached hydrogen (secondary N) is 1. The van der Waals surface area contributed by atoms with Gasteiger partial charge in [-0.2, -0.15) is 0 Å². The Balaban J connectivity index is 2.07. The summed E-state index contributed by atoms with van der Waals surface area (Å²) >= 11 is 5.98. The molecule has 2 heterocycles. The van der Waals surface area contributed by atoms with Crippen LogP contribution in [0, 0.1) is 6.92 Å². The van der Waals surface area contributed by atoms with Crippen molar-refractivity contribution in [2.24, 2.45) is 0 Å². The van der Waals surface area contributed by atoms with E-state index in [4.69, 9.17) is 11.6 Å². The van der Waals surface area contributed by atoms with Crippen LogP contribution in [0.1, 0.15) is 17.7 Å². The van der Waals surface area contributed by atoms with E-state index in [-0.39, 0.29) is 11.7 Å². The van der Waals surface area contributed by atoms with Gasteiger partial charge in [0, 0.05) is 35.7 Å². The van der Waals surface area contributed by atoms with Gasteiger partial charge in [0.1, 0.15) is 0 Å². The van der Waals surface area contributed by atoms with E-state index in [1.807, 2.05) is 19.1 Å². The van der Waals surface area contributed by atoms with Crippen molar-refractivity contribution < 1.29 is 5.11 Å². The average Bonchev–Trinajstić information content (AvgIpc) is 2.80. The van der Waals surface area contributed by atoms with Crippen LogP contribution in [0.4, 0.5) is 0 Å². The molecule has 4 nitrogen and oxygen atoms in total. The van der Waals surface area contributed by atoms with Crippen molar-refractivity contribution in [1.82, 2.24) is 9.88 Å². The molecule has 2 aromatic rings. The van der Waals surface area contributed by atoms with Gasteiger partial charge >= 0.3 is 0 Å². The van der Waals surface area contributed by atoms with Crippen molar-refractivity contribution in [1.29, 1.82) is 0 Å². The molecule has 20 heavy (non-hydrogen) atoms. The number of β-amino-alcohol motifs (C(OH)–C–C–N with tert-alkyl or cyclic N) is 1. The number of hydrogen-bond acceptors (Lipinski definition) is 3. The largest absolute Gasteiger partial charge is 0.392 e. The second-order valence-corrected chi connectivity index (χ2v) is 5.86. The summed E-state index contributed by atoms with van der Waals surface area (Å²) in [6.45, 7) is 4.22. The van der Waals surface area contributed by atoms with Crippen molar-refractivity contribution in [3.05, 3.63) is 44.8 Å². The molecule has 0 unspecified atom stereocenters. The van der Waals surface area contributed by atoms with Crippen molar-refractivity contribution in [3.63, 3.8) is 0 Å². The summed E-state index contributed by atoms with van der Waals surface area (Å²) < 4.78 is 0. The molecule has 1 fully saturated rings. The highest BCUT2D eigenvalue weighted by Gasteiger charge is 2.21. The Morgan fingerprint density at radius 2 is 2.25 bits per heavy atom. The molecule has 106 valence electrons. The first-order valence-electron chi connectivity index (χ1n) is 6.76. The number of H-pyrrole nitrogens is 1. The molecule has 1 aliphatic heterocycles. The summed E-state index contributed by atoms with van der Waals surface area (Å²) in [6.07, 6.45) is 0.574. The van der Waals surface area contributed by atoms with Gasteiger partial charge in [0.2, 0.25) is 0 Å². The van der Waals surface area contributed by atoms with Crippen LogP contribution in [-0.2, 0) is 6.54 Å². The topological polar surface area (TPSA) is 56.3 Å². The maximum atomic E-state index is 12.0. The van der Waals surface area contributed by atoms with E-state index in [0.717, 1.165) is 36.2 Å². The second-order valence-electron chi connectivity index (χ2n) is 5.43. The van der Waals surface area contributed by atoms with Gasteiger partial charge in [0.05, 0.1) is 6.10 Å². The van der Waals surface area contributed by atoms with E-state index in [0.29, 0.717) is 17.0 Å². The van der Waals surface area contributed by atoms with Gasteiger partial charge in [-0.05, 0) is 36.4 Å². The number of aliphatic hydroxyl groups is 1. The number of nitrogens with zero attached hydrogens (tertiary/aromatic N) is 1. The fourth-order valence-electron chi connectivity index (χ4n) is 2.87. The zero-order valence-corrected chi connectivity index (χ0v) is 12.1. The Bertz CT molecular complexity index is 711. The standard InChI is InChI=1S/C15H17ClN2O2/c1-9-14(8-18-5-4-11(19)7-18)12-3-2-10(16)6-13(12)15(20)17-9/h2-3,6,11,19H,4-5,7-8H2,1H3,(H,17,20)/t11-/m1/s1. The fourth-order valence-corrected chi connectivity index (χ4v) is 3.04. The van der Waals surface area contributed by atoms with Crippen LogP contribution in [0.2, 0.25) is 5.02 Å². The number of hydrogen-bond donors (Lipinski definition) is 2. The van der Waals surface area contributed by atoms with Crippen LogP contribution >= 0.6 is 11.6 Å². The highest BCUT2D eigenvalue weighted by atomic mass is 35.5. The molecule has 1 aromatic carbocycles. The SMILES string of the molecule is Cc1[nH]c(=O)c2cc(Cl)ccc2c1CN1CC[C@@H](O)C1. The van der Waals surface area contributed by atoms with Crippen LogP contribution in [0.5, 0.6) is 0 Å².